The lowest BCUT2D eigenvalue weighted by Gasteiger charge is -2.33. The van der Waals surface area contributed by atoms with Crippen molar-refractivity contribution in [3.8, 4) is 0 Å². The van der Waals surface area contributed by atoms with Crippen LogP contribution in [-0.4, -0.2) is 49.6 Å². The molecule has 0 atom stereocenters. The average Bonchev–Trinajstić information content (AvgIpc) is 2.35. The predicted molar refractivity (Wildman–Crippen MR) is 76.0 cm³/mol. The van der Waals surface area contributed by atoms with Gasteiger partial charge in [-0.25, -0.2) is 0 Å². The molecule has 18 heavy (non-hydrogen) atoms. The van der Waals surface area contributed by atoms with Crippen LogP contribution in [0.1, 0.15) is 33.1 Å². The van der Waals surface area contributed by atoms with Crippen LogP contribution in [0.5, 0.6) is 0 Å². The van der Waals surface area contributed by atoms with E-state index in [2.05, 4.69) is 13.8 Å². The third-order valence-corrected chi connectivity index (χ3v) is 5.96. The standard InChI is InChI=1S/C12H25ClN2O2S/c1-11(2)4-7-14(3)18(16,17)15-8-5-12(10-13)6-9-15/h11-12H,4-10H2,1-3H3. The van der Waals surface area contributed by atoms with E-state index >= 15 is 0 Å². The van der Waals surface area contributed by atoms with E-state index in [-0.39, 0.29) is 0 Å². The van der Waals surface area contributed by atoms with Crippen molar-refractivity contribution >= 4 is 21.8 Å². The molecule has 1 rings (SSSR count). The quantitative estimate of drug-likeness (QED) is 0.705. The number of halogens is 1. The summed E-state index contributed by atoms with van der Waals surface area (Å²) in [5, 5.41) is 0. The molecule has 4 nitrogen and oxygen atoms in total. The number of piperidine rings is 1. The van der Waals surface area contributed by atoms with Gasteiger partial charge in [-0.05, 0) is 31.1 Å². The van der Waals surface area contributed by atoms with Crippen molar-refractivity contribution in [2.75, 3.05) is 32.6 Å². The third kappa shape index (κ3) is 4.37. The summed E-state index contributed by atoms with van der Waals surface area (Å²) in [6, 6.07) is 0. The second kappa shape index (κ2) is 7.08. The van der Waals surface area contributed by atoms with Gasteiger partial charge in [0.2, 0.25) is 0 Å². The lowest BCUT2D eigenvalue weighted by molar-refractivity contribution is 0.270. The molecule has 0 unspecified atom stereocenters. The van der Waals surface area contributed by atoms with E-state index in [0.29, 0.717) is 37.4 Å². The van der Waals surface area contributed by atoms with Gasteiger partial charge in [-0.1, -0.05) is 13.8 Å². The molecule has 0 aromatic heterocycles. The maximum atomic E-state index is 12.3. The van der Waals surface area contributed by atoms with Crippen molar-refractivity contribution in [2.45, 2.75) is 33.1 Å². The van der Waals surface area contributed by atoms with Gasteiger partial charge in [0, 0.05) is 32.6 Å². The molecular formula is C12H25ClN2O2S. The fraction of sp³-hybridized carbons (Fsp3) is 1.00. The highest BCUT2D eigenvalue weighted by atomic mass is 35.5. The second-order valence-corrected chi connectivity index (χ2v) is 7.85. The van der Waals surface area contributed by atoms with Crippen LogP contribution < -0.4 is 0 Å². The van der Waals surface area contributed by atoms with Crippen LogP contribution in [0.3, 0.4) is 0 Å². The summed E-state index contributed by atoms with van der Waals surface area (Å²) in [5.41, 5.74) is 0. The molecule has 0 spiro atoms. The van der Waals surface area contributed by atoms with Gasteiger partial charge >= 0.3 is 0 Å². The van der Waals surface area contributed by atoms with Crippen molar-refractivity contribution in [1.29, 1.82) is 0 Å². The van der Waals surface area contributed by atoms with Crippen LogP contribution in [0.15, 0.2) is 0 Å². The molecule has 0 radical (unpaired) electrons. The average molecular weight is 297 g/mol. The summed E-state index contributed by atoms with van der Waals surface area (Å²) in [6.07, 6.45) is 2.65. The maximum Gasteiger partial charge on any atom is 0.281 e. The number of hydrogen-bond acceptors (Lipinski definition) is 2. The lowest BCUT2D eigenvalue weighted by atomic mass is 10.0. The Labute approximate surface area is 116 Å². The third-order valence-electron chi connectivity index (χ3n) is 3.53. The summed E-state index contributed by atoms with van der Waals surface area (Å²) in [7, 11) is -1.59. The molecule has 108 valence electrons. The fourth-order valence-corrected chi connectivity index (χ4v) is 3.76. The molecule has 0 N–H and O–H groups in total. The molecule has 0 aromatic rings. The van der Waals surface area contributed by atoms with Gasteiger partial charge in [-0.2, -0.15) is 17.0 Å². The van der Waals surface area contributed by atoms with Crippen molar-refractivity contribution in [2.24, 2.45) is 11.8 Å². The highest BCUT2D eigenvalue weighted by Crippen LogP contribution is 2.22. The zero-order valence-corrected chi connectivity index (χ0v) is 13.2. The summed E-state index contributed by atoms with van der Waals surface area (Å²) in [5.74, 6) is 1.63. The first-order valence-electron chi connectivity index (χ1n) is 6.65. The minimum Gasteiger partial charge on any atom is -0.195 e. The van der Waals surface area contributed by atoms with Gasteiger partial charge in [0.15, 0.2) is 0 Å². The van der Waals surface area contributed by atoms with Crippen LogP contribution in [-0.2, 0) is 10.2 Å². The van der Waals surface area contributed by atoms with Crippen molar-refractivity contribution in [3.05, 3.63) is 0 Å². The van der Waals surface area contributed by atoms with Crippen molar-refractivity contribution in [1.82, 2.24) is 8.61 Å². The highest BCUT2D eigenvalue weighted by Gasteiger charge is 2.30. The molecule has 1 saturated heterocycles. The topological polar surface area (TPSA) is 40.6 Å². The monoisotopic (exact) mass is 296 g/mol. The number of nitrogens with zero attached hydrogens (tertiary/aromatic N) is 2. The number of alkyl halides is 1. The van der Waals surface area contributed by atoms with Crippen LogP contribution in [0.25, 0.3) is 0 Å². The Morgan fingerprint density at radius 2 is 1.89 bits per heavy atom. The highest BCUT2D eigenvalue weighted by molar-refractivity contribution is 7.86. The van der Waals surface area contributed by atoms with Gasteiger partial charge in [0.25, 0.3) is 10.2 Å². The van der Waals surface area contributed by atoms with Gasteiger partial charge < -0.3 is 0 Å². The van der Waals surface area contributed by atoms with E-state index in [1.54, 1.807) is 11.4 Å². The summed E-state index contributed by atoms with van der Waals surface area (Å²) in [4.78, 5) is 0. The summed E-state index contributed by atoms with van der Waals surface area (Å²) in [6.45, 7) is 6.01. The molecule has 1 heterocycles. The molecule has 1 fully saturated rings. The zero-order chi connectivity index (χ0) is 13.8. The molecule has 6 heteroatoms. The normalized spacial score (nSPS) is 19.9. The van der Waals surface area contributed by atoms with E-state index in [4.69, 9.17) is 11.6 Å². The van der Waals surface area contributed by atoms with E-state index in [9.17, 15) is 8.42 Å². The largest absolute Gasteiger partial charge is 0.281 e. The maximum absolute atomic E-state index is 12.3. The summed E-state index contributed by atoms with van der Waals surface area (Å²) >= 11 is 5.81. The Bertz CT molecular complexity index is 338. The molecule has 1 aliphatic heterocycles. The second-order valence-electron chi connectivity index (χ2n) is 5.51. The Balaban J connectivity index is 2.53. The van der Waals surface area contributed by atoms with Crippen LogP contribution in [0, 0.1) is 11.8 Å². The minimum absolute atomic E-state index is 0.471. The predicted octanol–water partition coefficient (Wildman–Crippen LogP) is 2.16. The Kier molecular flexibility index (Phi) is 6.38. The fourth-order valence-electron chi connectivity index (χ4n) is 2.05. The Morgan fingerprint density at radius 3 is 2.33 bits per heavy atom. The van der Waals surface area contributed by atoms with Crippen molar-refractivity contribution in [3.63, 3.8) is 0 Å². The lowest BCUT2D eigenvalue weighted by Crippen LogP contribution is -2.46. The van der Waals surface area contributed by atoms with Crippen LogP contribution in [0.2, 0.25) is 0 Å². The van der Waals surface area contributed by atoms with E-state index in [0.717, 1.165) is 19.3 Å². The molecule has 0 saturated carbocycles. The molecule has 1 aliphatic rings. The Hall–Kier alpha value is 0.160. The number of hydrogen-bond donors (Lipinski definition) is 0. The zero-order valence-electron chi connectivity index (χ0n) is 11.6. The van der Waals surface area contributed by atoms with E-state index in [1.807, 2.05) is 0 Å². The van der Waals surface area contributed by atoms with Gasteiger partial charge in [0.05, 0.1) is 0 Å². The Morgan fingerprint density at radius 1 is 1.33 bits per heavy atom. The van der Waals surface area contributed by atoms with E-state index < -0.39 is 10.2 Å². The van der Waals surface area contributed by atoms with Gasteiger partial charge in [-0.3, -0.25) is 0 Å². The van der Waals surface area contributed by atoms with Crippen LogP contribution in [0.4, 0.5) is 0 Å². The molecule has 0 bridgehead atoms. The molecule has 0 amide bonds. The van der Waals surface area contributed by atoms with Crippen LogP contribution >= 0.6 is 11.6 Å². The number of rotatable bonds is 6. The first-order valence-corrected chi connectivity index (χ1v) is 8.58. The van der Waals surface area contributed by atoms with Crippen molar-refractivity contribution < 1.29 is 8.42 Å². The minimum atomic E-state index is -3.27. The first kappa shape index (κ1) is 16.2. The van der Waals surface area contributed by atoms with Gasteiger partial charge in [-0.15, -0.1) is 11.6 Å². The SMILES string of the molecule is CC(C)CCN(C)S(=O)(=O)N1CCC(CCl)CC1. The molecular weight excluding hydrogens is 272 g/mol. The first-order chi connectivity index (χ1) is 8.37. The smallest absolute Gasteiger partial charge is 0.195 e. The van der Waals surface area contributed by atoms with Gasteiger partial charge in [0.1, 0.15) is 0 Å². The molecule has 0 aliphatic carbocycles. The molecule has 0 aromatic carbocycles. The van der Waals surface area contributed by atoms with E-state index in [1.165, 1.54) is 4.31 Å². The summed E-state index contributed by atoms with van der Waals surface area (Å²) < 4.78 is 27.7.